The first kappa shape index (κ1) is 30.3. The number of unbranched alkanes of at least 4 members (excludes halogenated alkanes) is 1. The summed E-state index contributed by atoms with van der Waals surface area (Å²) in [6, 6.07) is 5.37. The zero-order valence-electron chi connectivity index (χ0n) is 21.7. The Balaban J connectivity index is 2.21. The van der Waals surface area contributed by atoms with Gasteiger partial charge in [0, 0.05) is 30.8 Å². The van der Waals surface area contributed by atoms with Gasteiger partial charge in [0.15, 0.2) is 0 Å². The van der Waals surface area contributed by atoms with Crippen LogP contribution in [0.3, 0.4) is 0 Å². The SMILES string of the molecule is C=CC(C=Nc1ccc(C(O)NC2C=C(CC)CCC2)cc1N=CCCCC(F)(F)C(=O)O)C/C=C\C. The van der Waals surface area contributed by atoms with Crippen LogP contribution in [0.2, 0.25) is 0 Å². The summed E-state index contributed by atoms with van der Waals surface area (Å²) in [4.78, 5) is 19.6. The Kier molecular flexibility index (Phi) is 12.5. The van der Waals surface area contributed by atoms with Crippen molar-refractivity contribution in [3.05, 3.63) is 60.2 Å². The van der Waals surface area contributed by atoms with Crippen LogP contribution in [-0.4, -0.2) is 40.6 Å². The Morgan fingerprint density at radius 1 is 1.32 bits per heavy atom. The predicted molar refractivity (Wildman–Crippen MR) is 146 cm³/mol. The van der Waals surface area contributed by atoms with E-state index in [1.807, 2.05) is 19.1 Å². The zero-order chi connectivity index (χ0) is 27.3. The van der Waals surface area contributed by atoms with Crippen molar-refractivity contribution in [1.29, 1.82) is 0 Å². The molecule has 0 radical (unpaired) electrons. The summed E-state index contributed by atoms with van der Waals surface area (Å²) in [6.45, 7) is 7.93. The van der Waals surface area contributed by atoms with E-state index in [0.717, 1.165) is 32.1 Å². The summed E-state index contributed by atoms with van der Waals surface area (Å²) < 4.78 is 26.7. The Bertz CT molecular complexity index is 1020. The summed E-state index contributed by atoms with van der Waals surface area (Å²) in [5.74, 6) is -5.84. The van der Waals surface area contributed by atoms with Crippen LogP contribution in [0.1, 0.15) is 77.0 Å². The average molecular weight is 516 g/mol. The lowest BCUT2D eigenvalue weighted by Crippen LogP contribution is -2.33. The summed E-state index contributed by atoms with van der Waals surface area (Å²) in [5, 5.41) is 22.7. The minimum atomic E-state index is -3.75. The zero-order valence-corrected chi connectivity index (χ0v) is 21.7. The standard InChI is InChI=1S/C29H39F2N3O3/c1-4-7-11-22(6-3)20-33-25-15-14-23(27(35)34-24-13-10-12-21(5-2)18-24)19-26(25)32-17-9-8-16-29(30,31)28(36)37/h4,6-7,14-15,17-20,22,24,27,34-35H,3,5,8-13,16H2,1-2H3,(H,36,37)/b7-4-,32-17?,33-20?. The number of aliphatic carboxylic acids is 1. The number of aliphatic hydroxyl groups is 1. The molecule has 0 spiro atoms. The van der Waals surface area contributed by atoms with E-state index in [9.17, 15) is 18.7 Å². The Hall–Kier alpha value is -2.97. The molecule has 0 aromatic heterocycles. The predicted octanol–water partition coefficient (Wildman–Crippen LogP) is 7.22. The smallest absolute Gasteiger partial charge is 0.374 e. The fourth-order valence-corrected chi connectivity index (χ4v) is 4.02. The lowest BCUT2D eigenvalue weighted by atomic mass is 9.94. The van der Waals surface area contributed by atoms with Gasteiger partial charge in [-0.25, -0.2) is 4.79 Å². The Morgan fingerprint density at radius 2 is 2.11 bits per heavy atom. The van der Waals surface area contributed by atoms with Crippen LogP contribution in [0.25, 0.3) is 0 Å². The van der Waals surface area contributed by atoms with Crippen LogP contribution in [0.5, 0.6) is 0 Å². The maximum atomic E-state index is 13.3. The first-order valence-corrected chi connectivity index (χ1v) is 12.9. The molecule has 0 aliphatic heterocycles. The number of allylic oxidation sites excluding steroid dienone is 4. The lowest BCUT2D eigenvalue weighted by molar-refractivity contribution is -0.165. The van der Waals surface area contributed by atoms with Gasteiger partial charge in [-0.3, -0.25) is 15.3 Å². The van der Waals surface area contributed by atoms with Crippen molar-refractivity contribution in [1.82, 2.24) is 5.32 Å². The van der Waals surface area contributed by atoms with Crippen LogP contribution in [0.4, 0.5) is 20.2 Å². The summed E-state index contributed by atoms with van der Waals surface area (Å²) >= 11 is 0. The number of halogens is 2. The number of carbonyl (C=O) groups is 1. The van der Waals surface area contributed by atoms with E-state index < -0.39 is 24.5 Å². The lowest BCUT2D eigenvalue weighted by Gasteiger charge is -2.25. The van der Waals surface area contributed by atoms with Gasteiger partial charge in [-0.1, -0.05) is 42.9 Å². The van der Waals surface area contributed by atoms with Crippen molar-refractivity contribution in [2.45, 2.75) is 83.4 Å². The molecule has 0 saturated heterocycles. The first-order valence-electron chi connectivity index (χ1n) is 12.9. The van der Waals surface area contributed by atoms with Gasteiger partial charge in [0.1, 0.15) is 6.23 Å². The molecule has 0 fully saturated rings. The quantitative estimate of drug-likeness (QED) is 0.0995. The highest BCUT2D eigenvalue weighted by atomic mass is 19.3. The Morgan fingerprint density at radius 3 is 2.78 bits per heavy atom. The van der Waals surface area contributed by atoms with Crippen molar-refractivity contribution < 1.29 is 23.8 Å². The number of carboxylic acids is 1. The molecule has 6 nitrogen and oxygen atoms in total. The van der Waals surface area contributed by atoms with E-state index in [0.29, 0.717) is 16.9 Å². The van der Waals surface area contributed by atoms with Gasteiger partial charge in [-0.05, 0) is 69.6 Å². The van der Waals surface area contributed by atoms with Crippen LogP contribution in [0, 0.1) is 5.92 Å². The molecule has 37 heavy (non-hydrogen) atoms. The molecule has 3 N–H and O–H groups in total. The van der Waals surface area contributed by atoms with Gasteiger partial charge in [0.2, 0.25) is 0 Å². The second-order valence-corrected chi connectivity index (χ2v) is 9.19. The minimum Gasteiger partial charge on any atom is -0.477 e. The van der Waals surface area contributed by atoms with E-state index in [1.54, 1.807) is 30.5 Å². The Labute approximate surface area is 218 Å². The van der Waals surface area contributed by atoms with Crippen molar-refractivity contribution in [3.63, 3.8) is 0 Å². The number of aliphatic hydroxyl groups excluding tert-OH is 1. The molecule has 0 heterocycles. The minimum absolute atomic E-state index is 0.0268. The monoisotopic (exact) mass is 515 g/mol. The summed E-state index contributed by atoms with van der Waals surface area (Å²) in [6.07, 6.45) is 14.6. The maximum Gasteiger partial charge on any atom is 0.374 e. The van der Waals surface area contributed by atoms with E-state index >= 15 is 0 Å². The highest BCUT2D eigenvalue weighted by Gasteiger charge is 2.37. The fraction of sp³-hybridized carbons (Fsp3) is 0.483. The summed E-state index contributed by atoms with van der Waals surface area (Å²) in [5.41, 5.74) is 3.06. The van der Waals surface area contributed by atoms with E-state index in [4.69, 9.17) is 5.11 Å². The number of rotatable bonds is 15. The maximum absolute atomic E-state index is 13.3. The van der Waals surface area contributed by atoms with Crippen LogP contribution >= 0.6 is 0 Å². The first-order chi connectivity index (χ1) is 17.7. The van der Waals surface area contributed by atoms with E-state index in [1.165, 1.54) is 11.8 Å². The third kappa shape index (κ3) is 10.1. The number of hydrogen-bond acceptors (Lipinski definition) is 5. The number of nitrogens with zero attached hydrogens (tertiary/aromatic N) is 2. The van der Waals surface area contributed by atoms with E-state index in [2.05, 4.69) is 34.9 Å². The molecule has 1 aromatic carbocycles. The van der Waals surface area contributed by atoms with Crippen molar-refractivity contribution in [3.8, 4) is 0 Å². The van der Waals surface area contributed by atoms with Gasteiger partial charge >= 0.3 is 11.9 Å². The highest BCUT2D eigenvalue weighted by Crippen LogP contribution is 2.32. The van der Waals surface area contributed by atoms with Crippen LogP contribution in [-0.2, 0) is 4.79 Å². The molecule has 0 amide bonds. The molecule has 0 bridgehead atoms. The molecule has 0 saturated carbocycles. The number of benzene rings is 1. The molecule has 3 unspecified atom stereocenters. The van der Waals surface area contributed by atoms with Gasteiger partial charge in [0.05, 0.1) is 11.4 Å². The van der Waals surface area contributed by atoms with Crippen LogP contribution < -0.4 is 5.32 Å². The molecule has 1 aromatic rings. The normalized spacial score (nSPS) is 18.4. The van der Waals surface area contributed by atoms with Crippen molar-refractivity contribution >= 4 is 29.8 Å². The third-order valence-electron chi connectivity index (χ3n) is 6.31. The number of carboxylic acid groups (broad SMARTS) is 1. The van der Waals surface area contributed by atoms with Gasteiger partial charge in [0.25, 0.3) is 0 Å². The van der Waals surface area contributed by atoms with Gasteiger partial charge in [-0.2, -0.15) is 8.78 Å². The fourth-order valence-electron chi connectivity index (χ4n) is 4.02. The molecule has 3 atom stereocenters. The number of alkyl halides is 2. The van der Waals surface area contributed by atoms with Crippen LogP contribution in [0.15, 0.2) is 64.6 Å². The average Bonchev–Trinajstić information content (AvgIpc) is 2.88. The number of aliphatic imine (C=N–C) groups is 2. The topological polar surface area (TPSA) is 94.3 Å². The molecular weight excluding hydrogens is 476 g/mol. The second-order valence-electron chi connectivity index (χ2n) is 9.19. The van der Waals surface area contributed by atoms with Crippen molar-refractivity contribution in [2.75, 3.05) is 0 Å². The van der Waals surface area contributed by atoms with Crippen molar-refractivity contribution in [2.24, 2.45) is 15.9 Å². The molecule has 8 heteroatoms. The molecule has 202 valence electrons. The second kappa shape index (κ2) is 15.3. The molecule has 1 aliphatic carbocycles. The molecular formula is C29H39F2N3O3. The highest BCUT2D eigenvalue weighted by molar-refractivity contribution is 5.77. The van der Waals surface area contributed by atoms with Gasteiger partial charge < -0.3 is 10.2 Å². The number of nitrogens with one attached hydrogen (secondary N) is 1. The third-order valence-corrected chi connectivity index (χ3v) is 6.31. The van der Waals surface area contributed by atoms with Gasteiger partial charge in [-0.15, -0.1) is 6.58 Å². The number of hydrogen-bond donors (Lipinski definition) is 3. The molecule has 2 rings (SSSR count). The molecule has 1 aliphatic rings. The largest absolute Gasteiger partial charge is 0.477 e. The van der Waals surface area contributed by atoms with E-state index in [-0.39, 0.29) is 24.8 Å². The summed E-state index contributed by atoms with van der Waals surface area (Å²) in [7, 11) is 0.